The lowest BCUT2D eigenvalue weighted by Gasteiger charge is -2.27. The highest BCUT2D eigenvalue weighted by atomic mass is 35.5. The van der Waals surface area contributed by atoms with Crippen LogP contribution in [0.3, 0.4) is 0 Å². The summed E-state index contributed by atoms with van der Waals surface area (Å²) < 4.78 is 5.29. The Bertz CT molecular complexity index is 939. The van der Waals surface area contributed by atoms with Crippen LogP contribution in [0.15, 0.2) is 52.3 Å². The molecule has 0 radical (unpaired) electrons. The van der Waals surface area contributed by atoms with E-state index in [1.807, 2.05) is 30.3 Å². The maximum absolute atomic E-state index is 12.6. The van der Waals surface area contributed by atoms with E-state index in [4.69, 9.17) is 16.3 Å². The van der Waals surface area contributed by atoms with Crippen molar-refractivity contribution in [2.24, 2.45) is 0 Å². The lowest BCUT2D eigenvalue weighted by molar-refractivity contribution is -0.112. The molecule has 0 atom stereocenters. The SMILES string of the molecule is O=C1Nc2cc(C(=O)N3CCOCC3)ccc2SC1=Cc1cccc(Cl)c1. The molecule has 2 amide bonds. The standard InChI is InChI=1S/C20H17ClN2O3S/c21-15-3-1-2-13(10-15)11-18-19(24)22-16-12-14(4-5-17(16)27-18)20(25)23-6-8-26-9-7-23/h1-5,10-12H,6-9H2,(H,22,24). The van der Waals surface area contributed by atoms with Crippen LogP contribution in [0.4, 0.5) is 5.69 Å². The second kappa shape index (κ2) is 7.76. The number of halogens is 1. The van der Waals surface area contributed by atoms with E-state index in [-0.39, 0.29) is 11.8 Å². The Morgan fingerprint density at radius 2 is 2.00 bits per heavy atom. The molecule has 2 aromatic rings. The number of hydrogen-bond donors (Lipinski definition) is 1. The van der Waals surface area contributed by atoms with Crippen molar-refractivity contribution < 1.29 is 14.3 Å². The van der Waals surface area contributed by atoms with Crippen molar-refractivity contribution >= 4 is 46.9 Å². The number of thioether (sulfide) groups is 1. The first kappa shape index (κ1) is 18.1. The Morgan fingerprint density at radius 1 is 1.19 bits per heavy atom. The molecule has 0 aromatic heterocycles. The average Bonchev–Trinajstić information content (AvgIpc) is 2.68. The third-order valence-corrected chi connectivity index (χ3v) is 5.70. The van der Waals surface area contributed by atoms with Crippen LogP contribution < -0.4 is 5.32 Å². The molecule has 5 nitrogen and oxygen atoms in total. The molecule has 0 bridgehead atoms. The number of rotatable bonds is 2. The maximum atomic E-state index is 12.6. The van der Waals surface area contributed by atoms with Gasteiger partial charge in [0, 0.05) is 28.6 Å². The lowest BCUT2D eigenvalue weighted by Crippen LogP contribution is -2.40. The number of nitrogens with one attached hydrogen (secondary N) is 1. The van der Waals surface area contributed by atoms with Crippen LogP contribution in [0.5, 0.6) is 0 Å². The van der Waals surface area contributed by atoms with E-state index in [2.05, 4.69) is 5.32 Å². The third-order valence-electron chi connectivity index (χ3n) is 4.36. The molecule has 0 aliphatic carbocycles. The van der Waals surface area contributed by atoms with Gasteiger partial charge in [0.25, 0.3) is 11.8 Å². The number of ether oxygens (including phenoxy) is 1. The molecular formula is C20H17ClN2O3S. The number of hydrogen-bond acceptors (Lipinski definition) is 4. The van der Waals surface area contributed by atoms with Crippen molar-refractivity contribution in [1.29, 1.82) is 0 Å². The smallest absolute Gasteiger partial charge is 0.262 e. The monoisotopic (exact) mass is 400 g/mol. The van der Waals surface area contributed by atoms with Crippen LogP contribution in [0, 0.1) is 0 Å². The zero-order valence-electron chi connectivity index (χ0n) is 14.4. The molecule has 0 saturated carbocycles. The first-order valence-electron chi connectivity index (χ1n) is 8.58. The summed E-state index contributed by atoms with van der Waals surface area (Å²) in [6, 6.07) is 12.8. The van der Waals surface area contributed by atoms with Gasteiger partial charge in [-0.1, -0.05) is 35.5 Å². The predicted molar refractivity (Wildman–Crippen MR) is 107 cm³/mol. The summed E-state index contributed by atoms with van der Waals surface area (Å²) in [4.78, 5) is 28.4. The summed E-state index contributed by atoms with van der Waals surface area (Å²) in [5.74, 6) is -0.232. The molecule has 0 spiro atoms. The Hall–Kier alpha value is -2.28. The molecule has 7 heteroatoms. The van der Waals surface area contributed by atoms with Crippen LogP contribution in [-0.2, 0) is 9.53 Å². The number of amides is 2. The minimum atomic E-state index is -0.191. The molecule has 2 heterocycles. The number of nitrogens with zero attached hydrogens (tertiary/aromatic N) is 1. The van der Waals surface area contributed by atoms with Gasteiger partial charge in [0.1, 0.15) is 0 Å². The Labute approximate surface area is 166 Å². The van der Waals surface area contributed by atoms with E-state index in [0.717, 1.165) is 10.5 Å². The van der Waals surface area contributed by atoms with Gasteiger partial charge in [-0.3, -0.25) is 9.59 Å². The van der Waals surface area contributed by atoms with Gasteiger partial charge in [-0.2, -0.15) is 0 Å². The van der Waals surface area contributed by atoms with E-state index in [1.54, 1.807) is 23.1 Å². The van der Waals surface area contributed by atoms with Crippen LogP contribution in [0.25, 0.3) is 6.08 Å². The van der Waals surface area contributed by atoms with E-state index < -0.39 is 0 Å². The Balaban J connectivity index is 1.57. The van der Waals surface area contributed by atoms with Crippen molar-refractivity contribution in [3.05, 3.63) is 63.5 Å². The normalized spacial score (nSPS) is 18.2. The van der Waals surface area contributed by atoms with E-state index in [9.17, 15) is 9.59 Å². The average molecular weight is 401 g/mol. The van der Waals surface area contributed by atoms with Crippen molar-refractivity contribution in [3.8, 4) is 0 Å². The molecule has 138 valence electrons. The van der Waals surface area contributed by atoms with Crippen LogP contribution in [0.2, 0.25) is 5.02 Å². The number of benzene rings is 2. The van der Waals surface area contributed by atoms with Crippen LogP contribution in [0.1, 0.15) is 15.9 Å². The summed E-state index contributed by atoms with van der Waals surface area (Å²) in [6.07, 6.45) is 1.81. The van der Waals surface area contributed by atoms with E-state index in [0.29, 0.717) is 47.5 Å². The summed E-state index contributed by atoms with van der Waals surface area (Å²) >= 11 is 7.39. The van der Waals surface area contributed by atoms with Crippen molar-refractivity contribution in [2.45, 2.75) is 4.90 Å². The van der Waals surface area contributed by atoms with Gasteiger partial charge < -0.3 is 15.0 Å². The molecule has 1 saturated heterocycles. The van der Waals surface area contributed by atoms with Crippen LogP contribution >= 0.6 is 23.4 Å². The summed E-state index contributed by atoms with van der Waals surface area (Å²) in [6.45, 7) is 2.29. The van der Waals surface area contributed by atoms with Crippen molar-refractivity contribution in [1.82, 2.24) is 4.90 Å². The van der Waals surface area contributed by atoms with E-state index in [1.165, 1.54) is 11.8 Å². The van der Waals surface area contributed by atoms with Crippen LogP contribution in [-0.4, -0.2) is 43.0 Å². The van der Waals surface area contributed by atoms with Crippen molar-refractivity contribution in [2.75, 3.05) is 31.6 Å². The summed E-state index contributed by atoms with van der Waals surface area (Å²) in [5.41, 5.74) is 2.09. The van der Waals surface area contributed by atoms with Gasteiger partial charge in [-0.15, -0.1) is 0 Å². The molecule has 27 heavy (non-hydrogen) atoms. The van der Waals surface area contributed by atoms with E-state index >= 15 is 0 Å². The molecule has 2 aromatic carbocycles. The number of anilines is 1. The number of fused-ring (bicyclic) bond motifs is 1. The fraction of sp³-hybridized carbons (Fsp3) is 0.200. The first-order valence-corrected chi connectivity index (χ1v) is 9.77. The molecule has 1 fully saturated rings. The minimum absolute atomic E-state index is 0.0411. The predicted octanol–water partition coefficient (Wildman–Crippen LogP) is 3.90. The fourth-order valence-electron chi connectivity index (χ4n) is 2.99. The number of carbonyl (C=O) groups excluding carboxylic acids is 2. The largest absolute Gasteiger partial charge is 0.378 e. The van der Waals surface area contributed by atoms with Gasteiger partial charge in [0.05, 0.1) is 23.8 Å². The molecule has 2 aliphatic rings. The zero-order valence-corrected chi connectivity index (χ0v) is 16.0. The molecule has 0 unspecified atom stereocenters. The number of carbonyl (C=O) groups is 2. The first-order chi connectivity index (χ1) is 13.1. The second-order valence-electron chi connectivity index (χ2n) is 6.24. The minimum Gasteiger partial charge on any atom is -0.378 e. The topological polar surface area (TPSA) is 58.6 Å². The third kappa shape index (κ3) is 4.03. The highest BCUT2D eigenvalue weighted by Crippen LogP contribution is 2.39. The molecule has 4 rings (SSSR count). The Morgan fingerprint density at radius 3 is 2.78 bits per heavy atom. The molecular weight excluding hydrogens is 384 g/mol. The highest BCUT2D eigenvalue weighted by molar-refractivity contribution is 8.04. The van der Waals surface area contributed by atoms with Gasteiger partial charge in [0.2, 0.25) is 0 Å². The molecule has 2 aliphatic heterocycles. The summed E-state index contributed by atoms with van der Waals surface area (Å²) in [7, 11) is 0. The van der Waals surface area contributed by atoms with Gasteiger partial charge in [0.15, 0.2) is 0 Å². The summed E-state index contributed by atoms with van der Waals surface area (Å²) in [5, 5.41) is 3.51. The number of morpholine rings is 1. The Kier molecular flexibility index (Phi) is 5.20. The van der Waals surface area contributed by atoms with Gasteiger partial charge in [-0.25, -0.2) is 0 Å². The lowest BCUT2D eigenvalue weighted by atomic mass is 10.1. The quantitative estimate of drug-likeness (QED) is 0.777. The zero-order chi connectivity index (χ0) is 18.8. The van der Waals surface area contributed by atoms with Crippen molar-refractivity contribution in [3.63, 3.8) is 0 Å². The fourth-order valence-corrected chi connectivity index (χ4v) is 4.12. The second-order valence-corrected chi connectivity index (χ2v) is 7.76. The van der Waals surface area contributed by atoms with Gasteiger partial charge in [-0.05, 0) is 42.0 Å². The highest BCUT2D eigenvalue weighted by Gasteiger charge is 2.24. The maximum Gasteiger partial charge on any atom is 0.262 e. The molecule has 1 N–H and O–H groups in total. The van der Waals surface area contributed by atoms with Gasteiger partial charge >= 0.3 is 0 Å².